The number of nitrogens with two attached hydrogens (primary N) is 1. The van der Waals surface area contributed by atoms with Crippen molar-refractivity contribution < 1.29 is 8.42 Å². The highest BCUT2D eigenvalue weighted by atomic mass is 79.9. The van der Waals surface area contributed by atoms with E-state index in [9.17, 15) is 8.42 Å². The van der Waals surface area contributed by atoms with Crippen LogP contribution in [0.1, 0.15) is 12.8 Å². The van der Waals surface area contributed by atoms with E-state index < -0.39 is 10.0 Å². The zero-order valence-corrected chi connectivity index (χ0v) is 11.7. The van der Waals surface area contributed by atoms with Gasteiger partial charge in [0.2, 0.25) is 10.0 Å². The van der Waals surface area contributed by atoms with Crippen LogP contribution in [0, 0.1) is 0 Å². The Kier molecular flexibility index (Phi) is 3.87. The molecule has 0 amide bonds. The summed E-state index contributed by atoms with van der Waals surface area (Å²) in [6, 6.07) is 6.65. The average Bonchev–Trinajstić information content (AvgIpc) is 2.78. The van der Waals surface area contributed by atoms with Gasteiger partial charge in [0.05, 0.1) is 4.90 Å². The first-order valence-corrected chi connectivity index (χ1v) is 7.76. The van der Waals surface area contributed by atoms with Crippen molar-refractivity contribution in [1.29, 1.82) is 0 Å². The van der Waals surface area contributed by atoms with Crippen molar-refractivity contribution in [2.75, 3.05) is 13.1 Å². The van der Waals surface area contributed by atoms with Gasteiger partial charge in [-0.2, -0.15) is 4.31 Å². The standard InChI is InChI=1S/C11H15BrN2O2S/c12-9-3-5-11(6-4-9)17(15,16)14-7-1-2-10(14)8-13/h3-6,10H,1-2,7-8,13H2. The van der Waals surface area contributed by atoms with E-state index in [-0.39, 0.29) is 6.04 Å². The molecule has 0 spiro atoms. The average molecular weight is 319 g/mol. The van der Waals surface area contributed by atoms with Crippen LogP contribution >= 0.6 is 15.9 Å². The molecule has 1 aromatic rings. The van der Waals surface area contributed by atoms with Gasteiger partial charge in [-0.1, -0.05) is 15.9 Å². The quantitative estimate of drug-likeness (QED) is 0.920. The van der Waals surface area contributed by atoms with E-state index in [1.165, 1.54) is 4.31 Å². The topological polar surface area (TPSA) is 63.4 Å². The molecule has 1 saturated heterocycles. The van der Waals surface area contributed by atoms with Crippen LogP contribution in [-0.4, -0.2) is 31.9 Å². The number of halogens is 1. The molecule has 2 rings (SSSR count). The minimum Gasteiger partial charge on any atom is -0.329 e. The summed E-state index contributed by atoms with van der Waals surface area (Å²) in [5.41, 5.74) is 5.61. The van der Waals surface area contributed by atoms with Crippen molar-refractivity contribution in [3.63, 3.8) is 0 Å². The SMILES string of the molecule is NCC1CCCN1S(=O)(=O)c1ccc(Br)cc1. The summed E-state index contributed by atoms with van der Waals surface area (Å²) in [5, 5.41) is 0. The molecule has 2 N–H and O–H groups in total. The van der Waals surface area contributed by atoms with E-state index in [4.69, 9.17) is 5.73 Å². The van der Waals surface area contributed by atoms with Crippen LogP contribution in [0.2, 0.25) is 0 Å². The van der Waals surface area contributed by atoms with E-state index in [1.54, 1.807) is 24.3 Å². The van der Waals surface area contributed by atoms with Crippen LogP contribution in [0.4, 0.5) is 0 Å². The monoisotopic (exact) mass is 318 g/mol. The van der Waals surface area contributed by atoms with Gasteiger partial charge < -0.3 is 5.73 Å². The summed E-state index contributed by atoms with van der Waals surface area (Å²) in [6.07, 6.45) is 1.74. The molecular formula is C11H15BrN2O2S. The molecule has 0 aromatic heterocycles. The Bertz CT molecular complexity index is 487. The maximum atomic E-state index is 12.4. The van der Waals surface area contributed by atoms with Gasteiger partial charge >= 0.3 is 0 Å². The second-order valence-corrected chi connectivity index (χ2v) is 6.91. The van der Waals surface area contributed by atoms with Gasteiger partial charge in [0, 0.05) is 23.6 Å². The molecule has 4 nitrogen and oxygen atoms in total. The predicted octanol–water partition coefficient (Wildman–Crippen LogP) is 1.56. The lowest BCUT2D eigenvalue weighted by Gasteiger charge is -2.22. The molecule has 1 fully saturated rings. The predicted molar refractivity (Wildman–Crippen MR) is 70.1 cm³/mol. The number of hydrogen-bond donors (Lipinski definition) is 1. The van der Waals surface area contributed by atoms with Gasteiger partial charge in [-0.05, 0) is 37.1 Å². The first kappa shape index (κ1) is 13.0. The van der Waals surface area contributed by atoms with Crippen LogP contribution in [0.5, 0.6) is 0 Å². The van der Waals surface area contributed by atoms with Crippen LogP contribution < -0.4 is 5.73 Å². The first-order chi connectivity index (χ1) is 8.05. The van der Waals surface area contributed by atoms with E-state index in [2.05, 4.69) is 15.9 Å². The minimum absolute atomic E-state index is 0.0522. The van der Waals surface area contributed by atoms with E-state index in [0.717, 1.165) is 17.3 Å². The first-order valence-electron chi connectivity index (χ1n) is 5.53. The molecule has 0 saturated carbocycles. The highest BCUT2D eigenvalue weighted by Crippen LogP contribution is 2.26. The largest absolute Gasteiger partial charge is 0.329 e. The molecular weight excluding hydrogens is 304 g/mol. The molecule has 1 unspecified atom stereocenters. The summed E-state index contributed by atoms with van der Waals surface area (Å²) in [7, 11) is -3.38. The normalized spacial score (nSPS) is 21.9. The fraction of sp³-hybridized carbons (Fsp3) is 0.455. The fourth-order valence-corrected chi connectivity index (χ4v) is 4.07. The molecule has 17 heavy (non-hydrogen) atoms. The van der Waals surface area contributed by atoms with Crippen molar-refractivity contribution >= 4 is 26.0 Å². The second-order valence-electron chi connectivity index (χ2n) is 4.10. The van der Waals surface area contributed by atoms with Crippen molar-refractivity contribution in [2.45, 2.75) is 23.8 Å². The molecule has 0 aliphatic carbocycles. The van der Waals surface area contributed by atoms with Crippen LogP contribution in [-0.2, 0) is 10.0 Å². The third-order valence-corrected chi connectivity index (χ3v) is 5.51. The lowest BCUT2D eigenvalue weighted by molar-refractivity contribution is 0.393. The molecule has 94 valence electrons. The lowest BCUT2D eigenvalue weighted by atomic mass is 10.2. The molecule has 1 aliphatic heterocycles. The van der Waals surface area contributed by atoms with Crippen LogP contribution in [0.3, 0.4) is 0 Å². The van der Waals surface area contributed by atoms with Crippen molar-refractivity contribution in [3.8, 4) is 0 Å². The summed E-state index contributed by atoms with van der Waals surface area (Å²) in [5.74, 6) is 0. The number of sulfonamides is 1. The third kappa shape index (κ3) is 2.54. The zero-order valence-electron chi connectivity index (χ0n) is 9.34. The molecule has 1 heterocycles. The number of hydrogen-bond acceptors (Lipinski definition) is 3. The van der Waals surface area contributed by atoms with Gasteiger partial charge in [-0.3, -0.25) is 0 Å². The Morgan fingerprint density at radius 3 is 2.59 bits per heavy atom. The molecule has 6 heteroatoms. The van der Waals surface area contributed by atoms with Crippen LogP contribution in [0.15, 0.2) is 33.6 Å². The summed E-state index contributed by atoms with van der Waals surface area (Å²) in [4.78, 5) is 0.334. The minimum atomic E-state index is -3.38. The molecule has 0 bridgehead atoms. The highest BCUT2D eigenvalue weighted by Gasteiger charge is 2.34. The van der Waals surface area contributed by atoms with Gasteiger partial charge in [-0.25, -0.2) is 8.42 Å². The van der Waals surface area contributed by atoms with Gasteiger partial charge in [0.25, 0.3) is 0 Å². The Morgan fingerprint density at radius 2 is 2.00 bits per heavy atom. The smallest absolute Gasteiger partial charge is 0.243 e. The lowest BCUT2D eigenvalue weighted by Crippen LogP contribution is -2.39. The van der Waals surface area contributed by atoms with Crippen molar-refractivity contribution in [3.05, 3.63) is 28.7 Å². The van der Waals surface area contributed by atoms with Gasteiger partial charge in [-0.15, -0.1) is 0 Å². The third-order valence-electron chi connectivity index (χ3n) is 3.02. The summed E-state index contributed by atoms with van der Waals surface area (Å²) < 4.78 is 27.1. The Morgan fingerprint density at radius 1 is 1.35 bits per heavy atom. The second kappa shape index (κ2) is 5.06. The maximum Gasteiger partial charge on any atom is 0.243 e. The summed E-state index contributed by atoms with van der Waals surface area (Å²) in [6.45, 7) is 0.954. The van der Waals surface area contributed by atoms with Crippen LogP contribution in [0.25, 0.3) is 0 Å². The zero-order chi connectivity index (χ0) is 12.5. The van der Waals surface area contributed by atoms with Gasteiger partial charge in [0.15, 0.2) is 0 Å². The molecule has 1 atom stereocenters. The van der Waals surface area contributed by atoms with Gasteiger partial charge in [0.1, 0.15) is 0 Å². The number of rotatable bonds is 3. The fourth-order valence-electron chi connectivity index (χ4n) is 2.10. The Labute approximate surface area is 110 Å². The molecule has 1 aliphatic rings. The number of benzene rings is 1. The Balaban J connectivity index is 2.33. The number of nitrogens with zero attached hydrogens (tertiary/aromatic N) is 1. The highest BCUT2D eigenvalue weighted by molar-refractivity contribution is 9.10. The Hall–Kier alpha value is -0.430. The summed E-state index contributed by atoms with van der Waals surface area (Å²) >= 11 is 3.29. The van der Waals surface area contributed by atoms with Crippen molar-refractivity contribution in [1.82, 2.24) is 4.31 Å². The van der Waals surface area contributed by atoms with E-state index in [1.807, 2.05) is 0 Å². The maximum absolute atomic E-state index is 12.4. The van der Waals surface area contributed by atoms with E-state index in [0.29, 0.717) is 18.0 Å². The molecule has 0 radical (unpaired) electrons. The van der Waals surface area contributed by atoms with Crippen molar-refractivity contribution in [2.24, 2.45) is 5.73 Å². The van der Waals surface area contributed by atoms with E-state index >= 15 is 0 Å². The molecule has 1 aromatic carbocycles.